The van der Waals surface area contributed by atoms with Crippen molar-refractivity contribution in [3.8, 4) is 0 Å². The number of hydrogen-bond acceptors (Lipinski definition) is 6. The molecule has 1 saturated heterocycles. The van der Waals surface area contributed by atoms with Crippen LogP contribution >= 0.6 is 0 Å². The van der Waals surface area contributed by atoms with E-state index >= 15 is 0 Å². The number of amides is 2. The van der Waals surface area contributed by atoms with E-state index in [4.69, 9.17) is 10.6 Å². The van der Waals surface area contributed by atoms with Gasteiger partial charge in [-0.05, 0) is 58.4 Å². The number of anilines is 2. The maximum absolute atomic E-state index is 13.8. The maximum Gasteiger partial charge on any atom is 0.335 e. The Morgan fingerprint density at radius 3 is 2.72 bits per heavy atom. The molecule has 1 heterocycles. The fourth-order valence-corrected chi connectivity index (χ4v) is 3.03. The minimum Gasteiger partial charge on any atom is -0.464 e. The molecule has 2 amide bonds. The van der Waals surface area contributed by atoms with Crippen LogP contribution in [0.15, 0.2) is 18.2 Å². The Morgan fingerprint density at radius 2 is 2.07 bits per heavy atom. The number of carbonyl (C=O) groups excluding carboxylic acids is 2. The number of nitrogens with one attached hydrogen (secondary N) is 2. The highest BCUT2D eigenvalue weighted by atomic mass is 19.1. The maximum atomic E-state index is 13.8. The van der Waals surface area contributed by atoms with E-state index in [1.807, 2.05) is 20.8 Å². The molecule has 1 aliphatic rings. The van der Waals surface area contributed by atoms with E-state index in [-0.39, 0.29) is 12.0 Å². The molecule has 162 valence electrons. The first-order chi connectivity index (χ1) is 13.6. The second kappa shape index (κ2) is 9.89. The van der Waals surface area contributed by atoms with E-state index in [2.05, 4.69) is 15.5 Å². The summed E-state index contributed by atoms with van der Waals surface area (Å²) in [6, 6.07) is 3.73. The van der Waals surface area contributed by atoms with Gasteiger partial charge in [0, 0.05) is 26.2 Å². The van der Waals surface area contributed by atoms with Gasteiger partial charge in [-0.1, -0.05) is 0 Å². The molecule has 0 saturated carbocycles. The molecule has 0 unspecified atom stereocenters. The largest absolute Gasteiger partial charge is 0.464 e. The average molecular weight is 410 g/mol. The minimum absolute atomic E-state index is 0.0788. The molecule has 9 heteroatoms. The van der Waals surface area contributed by atoms with E-state index < -0.39 is 17.3 Å². The zero-order valence-corrected chi connectivity index (χ0v) is 17.6. The van der Waals surface area contributed by atoms with Gasteiger partial charge in [-0.15, -0.1) is 0 Å². The Balaban J connectivity index is 1.94. The summed E-state index contributed by atoms with van der Waals surface area (Å²) in [5.74, 6) is 4.84. The molecule has 0 bridgehead atoms. The van der Waals surface area contributed by atoms with Crippen LogP contribution in [0.2, 0.25) is 0 Å². The summed E-state index contributed by atoms with van der Waals surface area (Å²) in [4.78, 5) is 25.9. The Kier molecular flexibility index (Phi) is 7.80. The number of likely N-dealkylation sites (tertiary alicyclic amines) is 1. The van der Waals surface area contributed by atoms with Crippen molar-refractivity contribution in [1.29, 1.82) is 0 Å². The van der Waals surface area contributed by atoms with E-state index in [0.717, 1.165) is 30.9 Å². The molecule has 8 nitrogen and oxygen atoms in total. The molecule has 4 N–H and O–H groups in total. The third kappa shape index (κ3) is 7.17. The molecule has 1 fully saturated rings. The van der Waals surface area contributed by atoms with Gasteiger partial charge in [-0.25, -0.2) is 15.0 Å². The van der Waals surface area contributed by atoms with Crippen molar-refractivity contribution >= 4 is 23.4 Å². The zero-order valence-electron chi connectivity index (χ0n) is 17.6. The molecule has 0 aromatic heterocycles. The number of esters is 1. The molecule has 1 atom stereocenters. The molecule has 29 heavy (non-hydrogen) atoms. The van der Waals surface area contributed by atoms with Crippen LogP contribution in [0.4, 0.5) is 20.6 Å². The van der Waals surface area contributed by atoms with Gasteiger partial charge in [0.25, 0.3) is 0 Å². The quantitative estimate of drug-likeness (QED) is 0.289. The number of urea groups is 1. The topological polar surface area (TPSA) is 99.9 Å². The number of rotatable bonds is 6. The molecule has 0 spiro atoms. The van der Waals surface area contributed by atoms with E-state index in [1.165, 1.54) is 25.2 Å². The van der Waals surface area contributed by atoms with Crippen molar-refractivity contribution in [2.45, 2.75) is 39.7 Å². The van der Waals surface area contributed by atoms with Gasteiger partial charge in [0.15, 0.2) is 0 Å². The van der Waals surface area contributed by atoms with E-state index in [0.29, 0.717) is 24.5 Å². The molecule has 1 aromatic rings. The monoisotopic (exact) mass is 409 g/mol. The van der Waals surface area contributed by atoms with Gasteiger partial charge in [-0.2, -0.15) is 0 Å². The summed E-state index contributed by atoms with van der Waals surface area (Å²) >= 11 is 0. The molecule has 0 radical (unpaired) electrons. The van der Waals surface area contributed by atoms with Crippen LogP contribution in [0.5, 0.6) is 0 Å². The molecular weight excluding hydrogens is 377 g/mol. The molecule has 0 aliphatic carbocycles. The van der Waals surface area contributed by atoms with Gasteiger partial charge in [0.1, 0.15) is 12.4 Å². The number of hydrogen-bond donors (Lipinski definition) is 3. The number of ether oxygens (including phenoxy) is 1. The second-order valence-electron chi connectivity index (χ2n) is 8.40. The van der Waals surface area contributed by atoms with Crippen LogP contribution in [0.3, 0.4) is 0 Å². The van der Waals surface area contributed by atoms with Crippen molar-refractivity contribution in [3.63, 3.8) is 0 Å². The molecule has 1 aliphatic heterocycles. The third-order valence-electron chi connectivity index (χ3n) is 4.66. The van der Waals surface area contributed by atoms with Crippen LogP contribution in [-0.4, -0.2) is 61.2 Å². The van der Waals surface area contributed by atoms with Gasteiger partial charge in [-0.3, -0.25) is 14.7 Å². The van der Waals surface area contributed by atoms with Gasteiger partial charge in [0.2, 0.25) is 0 Å². The first-order valence-corrected chi connectivity index (χ1v) is 9.81. The highest BCUT2D eigenvalue weighted by Gasteiger charge is 2.24. The highest BCUT2D eigenvalue weighted by molar-refractivity contribution is 5.92. The SMILES string of the molecule is CN(N)C(=O)Nc1ccc(F)cc1N[C@H]1CCCN(CCOC(=O)C(C)(C)C)C1. The summed E-state index contributed by atoms with van der Waals surface area (Å²) in [6.07, 6.45) is 1.88. The fourth-order valence-electron chi connectivity index (χ4n) is 3.03. The third-order valence-corrected chi connectivity index (χ3v) is 4.66. The first kappa shape index (κ1) is 22.9. The summed E-state index contributed by atoms with van der Waals surface area (Å²) < 4.78 is 19.1. The number of carbonyl (C=O) groups is 2. The normalized spacial score (nSPS) is 17.5. The van der Waals surface area contributed by atoms with E-state index in [1.54, 1.807) is 0 Å². The minimum atomic E-state index is -0.512. The van der Waals surface area contributed by atoms with Crippen LogP contribution in [0.1, 0.15) is 33.6 Å². The predicted molar refractivity (Wildman–Crippen MR) is 111 cm³/mol. The van der Waals surface area contributed by atoms with E-state index in [9.17, 15) is 14.0 Å². The van der Waals surface area contributed by atoms with Crippen LogP contribution in [0, 0.1) is 11.2 Å². The number of nitrogens with two attached hydrogens (primary N) is 1. The Bertz CT molecular complexity index is 721. The van der Waals surface area contributed by atoms with Crippen molar-refractivity contribution in [2.24, 2.45) is 11.3 Å². The van der Waals surface area contributed by atoms with Crippen molar-refractivity contribution in [3.05, 3.63) is 24.0 Å². The standard InChI is InChI=1S/C20H32FN5O3/c1-20(2,3)18(27)29-11-10-26-9-5-6-15(13-26)23-17-12-14(21)7-8-16(17)24-19(28)25(4)22/h7-8,12,15,23H,5-6,9-11,13,22H2,1-4H3,(H,24,28)/t15-/m0/s1. The van der Waals surface area contributed by atoms with Crippen LogP contribution < -0.4 is 16.5 Å². The highest BCUT2D eigenvalue weighted by Crippen LogP contribution is 2.26. The van der Waals surface area contributed by atoms with Crippen LogP contribution in [0.25, 0.3) is 0 Å². The Labute approximate surface area is 171 Å². The number of nitrogens with zero attached hydrogens (tertiary/aromatic N) is 2. The van der Waals surface area contributed by atoms with Gasteiger partial charge >= 0.3 is 12.0 Å². The lowest BCUT2D eigenvalue weighted by atomic mass is 9.97. The molecule has 2 rings (SSSR count). The van der Waals surface area contributed by atoms with Gasteiger partial charge in [0.05, 0.1) is 16.8 Å². The molecular formula is C20H32FN5O3. The van der Waals surface area contributed by atoms with Crippen LogP contribution in [-0.2, 0) is 9.53 Å². The number of benzene rings is 1. The first-order valence-electron chi connectivity index (χ1n) is 9.81. The lowest BCUT2D eigenvalue weighted by Crippen LogP contribution is -2.44. The second-order valence-corrected chi connectivity index (χ2v) is 8.40. The summed E-state index contributed by atoms with van der Waals surface area (Å²) in [5.41, 5.74) is 0.457. The fraction of sp³-hybridized carbons (Fsp3) is 0.600. The van der Waals surface area contributed by atoms with Crippen molar-refractivity contribution in [2.75, 3.05) is 43.9 Å². The number of piperidine rings is 1. The summed E-state index contributed by atoms with van der Waals surface area (Å²) in [7, 11) is 1.43. The number of hydrazine groups is 1. The zero-order chi connectivity index (χ0) is 21.6. The predicted octanol–water partition coefficient (Wildman–Crippen LogP) is 2.63. The average Bonchev–Trinajstić information content (AvgIpc) is 2.63. The summed E-state index contributed by atoms with van der Waals surface area (Å²) in [5, 5.41) is 6.91. The van der Waals surface area contributed by atoms with Crippen molar-refractivity contribution in [1.82, 2.24) is 9.91 Å². The lowest BCUT2D eigenvalue weighted by molar-refractivity contribution is -0.153. The Morgan fingerprint density at radius 1 is 1.34 bits per heavy atom. The lowest BCUT2D eigenvalue weighted by Gasteiger charge is -2.34. The van der Waals surface area contributed by atoms with Gasteiger partial charge < -0.3 is 15.4 Å². The smallest absolute Gasteiger partial charge is 0.335 e. The Hall–Kier alpha value is -2.39. The molecule has 1 aromatic carbocycles. The number of halogens is 1. The summed E-state index contributed by atoms with van der Waals surface area (Å²) in [6.45, 7) is 8.11. The van der Waals surface area contributed by atoms with Crippen molar-refractivity contribution < 1.29 is 18.7 Å².